The maximum Gasteiger partial charge on any atom is 0.105 e. The number of fused-ring (bicyclic) bond motifs is 2. The average Bonchev–Trinajstić information content (AvgIpc) is 3.37. The molecule has 5 aliphatic rings. The third-order valence-corrected chi connectivity index (χ3v) is 9.92. The van der Waals surface area contributed by atoms with Crippen LogP contribution < -0.4 is 0 Å². The van der Waals surface area contributed by atoms with Crippen LogP contribution in [-0.4, -0.2) is 68.9 Å². The van der Waals surface area contributed by atoms with Crippen LogP contribution in [0.3, 0.4) is 0 Å². The van der Waals surface area contributed by atoms with E-state index in [1.54, 1.807) is 6.20 Å². The Balaban J connectivity index is 1.30. The predicted molar refractivity (Wildman–Crippen MR) is 134 cm³/mol. The Kier molecular flexibility index (Phi) is 4.44. The van der Waals surface area contributed by atoms with Gasteiger partial charge >= 0.3 is 0 Å². The summed E-state index contributed by atoms with van der Waals surface area (Å²) in [6.07, 6.45) is 11.5. The van der Waals surface area contributed by atoms with Gasteiger partial charge < -0.3 is 19.8 Å². The van der Waals surface area contributed by atoms with Crippen molar-refractivity contribution in [1.29, 1.82) is 0 Å². The summed E-state index contributed by atoms with van der Waals surface area (Å²) < 4.78 is 7.22. The van der Waals surface area contributed by atoms with Crippen LogP contribution in [0.1, 0.15) is 44.6 Å². The Bertz CT molecular complexity index is 1330. The van der Waals surface area contributed by atoms with E-state index >= 15 is 0 Å². The van der Waals surface area contributed by atoms with E-state index in [1.165, 1.54) is 16.7 Å². The van der Waals surface area contributed by atoms with Gasteiger partial charge in [-0.2, -0.15) is 10.2 Å². The molecule has 7 unspecified atom stereocenters. The number of aliphatic hydroxyl groups is 2. The second kappa shape index (κ2) is 7.10. The number of benzene rings is 1. The molecule has 7 atom stereocenters. The van der Waals surface area contributed by atoms with Gasteiger partial charge in [0.25, 0.3) is 0 Å². The van der Waals surface area contributed by atoms with E-state index < -0.39 is 17.8 Å². The van der Waals surface area contributed by atoms with Crippen molar-refractivity contribution in [2.24, 2.45) is 11.3 Å². The minimum Gasteiger partial charge on any atom is -0.388 e. The average molecular weight is 472 g/mol. The first-order chi connectivity index (χ1) is 16.8. The zero-order valence-corrected chi connectivity index (χ0v) is 20.6. The highest BCUT2D eigenvalue weighted by Gasteiger charge is 2.67. The van der Waals surface area contributed by atoms with E-state index in [0.717, 1.165) is 42.2 Å². The van der Waals surface area contributed by atoms with Gasteiger partial charge in [0, 0.05) is 22.8 Å². The summed E-state index contributed by atoms with van der Waals surface area (Å²) in [5.41, 5.74) is 4.74. The topological polar surface area (TPSA) is 78.7 Å². The molecule has 7 rings (SSSR count). The number of aliphatic hydroxyl groups excluding tert-OH is 2. The molecule has 1 saturated carbocycles. The van der Waals surface area contributed by atoms with Crippen LogP contribution in [0.4, 0.5) is 0 Å². The molecular formula is C29H33N3O3. The monoisotopic (exact) mass is 471 g/mol. The number of rotatable bonds is 2. The van der Waals surface area contributed by atoms with E-state index in [2.05, 4.69) is 53.5 Å². The molecular weight excluding hydrogens is 438 g/mol. The van der Waals surface area contributed by atoms with Crippen LogP contribution in [0.5, 0.6) is 0 Å². The summed E-state index contributed by atoms with van der Waals surface area (Å²) in [6, 6.07) is 8.41. The normalized spacial score (nSPS) is 41.7. The predicted octanol–water partition coefficient (Wildman–Crippen LogP) is 3.65. The van der Waals surface area contributed by atoms with Crippen LogP contribution in [0.25, 0.3) is 16.5 Å². The molecule has 0 radical (unpaired) electrons. The van der Waals surface area contributed by atoms with Crippen LogP contribution >= 0.6 is 0 Å². The summed E-state index contributed by atoms with van der Waals surface area (Å²) in [5.74, 6) is 0.335. The fourth-order valence-corrected chi connectivity index (χ4v) is 8.09. The highest BCUT2D eigenvalue weighted by molar-refractivity contribution is 5.84. The standard InChI is InChI=1S/C29H33N3O3/c1-27-10-8-19-15-21-25(33)26(34)23(32(2)3)16-28(21)11-12-29(19,35-28)24(27)7-6-20(27)18-5-4-17-9-13-30-31-22(17)14-18/h4-6,8-9,13-15,23-26,33-34H,7,10-12,16H2,1-3H3. The van der Waals surface area contributed by atoms with Crippen molar-refractivity contribution in [3.8, 4) is 0 Å². The van der Waals surface area contributed by atoms with Gasteiger partial charge in [-0.15, -0.1) is 0 Å². The molecule has 1 aromatic carbocycles. The lowest BCUT2D eigenvalue weighted by Gasteiger charge is -2.55. The molecule has 3 heterocycles. The van der Waals surface area contributed by atoms with E-state index in [1.807, 2.05) is 25.1 Å². The van der Waals surface area contributed by atoms with Crippen molar-refractivity contribution in [3.63, 3.8) is 0 Å². The van der Waals surface area contributed by atoms with Gasteiger partial charge in [0.05, 0.1) is 29.0 Å². The molecule has 2 aliphatic heterocycles. The van der Waals surface area contributed by atoms with Crippen LogP contribution in [-0.2, 0) is 4.74 Å². The fourth-order valence-electron chi connectivity index (χ4n) is 8.09. The van der Waals surface area contributed by atoms with Gasteiger partial charge in [-0.05, 0) is 80.6 Å². The van der Waals surface area contributed by atoms with E-state index in [9.17, 15) is 10.2 Å². The highest BCUT2D eigenvalue weighted by Crippen LogP contribution is 2.67. The largest absolute Gasteiger partial charge is 0.388 e. The Labute approximate surface area is 206 Å². The maximum absolute atomic E-state index is 11.1. The SMILES string of the molecule is CN(C)C1CC23CCC4(O2)C(=CCC2(C)C(c5ccc6ccnnc6c5)=CCC24)C=C3C(O)C1O. The Morgan fingerprint density at radius 1 is 1.11 bits per heavy atom. The van der Waals surface area contributed by atoms with Crippen molar-refractivity contribution < 1.29 is 14.9 Å². The molecule has 35 heavy (non-hydrogen) atoms. The lowest BCUT2D eigenvalue weighted by molar-refractivity contribution is -0.161. The van der Waals surface area contributed by atoms with Crippen LogP contribution in [0.2, 0.25) is 0 Å². The Hall–Kier alpha value is -2.38. The Morgan fingerprint density at radius 3 is 2.80 bits per heavy atom. The van der Waals surface area contributed by atoms with Gasteiger partial charge in [-0.25, -0.2) is 0 Å². The van der Waals surface area contributed by atoms with Crippen molar-refractivity contribution >= 4 is 16.5 Å². The third-order valence-electron chi connectivity index (χ3n) is 9.92. The van der Waals surface area contributed by atoms with Crippen LogP contribution in [0, 0.1) is 11.3 Å². The molecule has 0 amide bonds. The molecule has 3 aliphatic carbocycles. The first-order valence-electron chi connectivity index (χ1n) is 12.9. The number of likely N-dealkylation sites (N-methyl/N-ethyl adjacent to an activating group) is 1. The van der Waals surface area contributed by atoms with Gasteiger partial charge in [-0.3, -0.25) is 0 Å². The second-order valence-electron chi connectivity index (χ2n) is 11.7. The smallest absolute Gasteiger partial charge is 0.105 e. The molecule has 2 fully saturated rings. The number of nitrogens with zero attached hydrogens (tertiary/aromatic N) is 3. The lowest BCUT2D eigenvalue weighted by Crippen LogP contribution is -2.61. The van der Waals surface area contributed by atoms with E-state index in [4.69, 9.17) is 4.74 Å². The molecule has 1 aromatic heterocycles. The first kappa shape index (κ1) is 21.9. The quantitative estimate of drug-likeness (QED) is 0.696. The first-order valence-corrected chi connectivity index (χ1v) is 12.9. The molecule has 2 N–H and O–H groups in total. The number of ether oxygens (including phenoxy) is 1. The highest BCUT2D eigenvalue weighted by atomic mass is 16.5. The minimum atomic E-state index is -0.891. The maximum atomic E-state index is 11.1. The summed E-state index contributed by atoms with van der Waals surface area (Å²) in [6.45, 7) is 2.40. The van der Waals surface area contributed by atoms with Crippen molar-refractivity contribution in [2.45, 2.75) is 68.5 Å². The zero-order chi connectivity index (χ0) is 24.2. The van der Waals surface area contributed by atoms with E-state index in [-0.39, 0.29) is 17.1 Å². The molecule has 2 aromatic rings. The molecule has 1 saturated heterocycles. The summed E-state index contributed by atoms with van der Waals surface area (Å²) in [4.78, 5) is 2.03. The number of aromatic nitrogens is 2. The van der Waals surface area contributed by atoms with Crippen LogP contribution in [0.15, 0.2) is 59.8 Å². The van der Waals surface area contributed by atoms with Gasteiger partial charge in [-0.1, -0.05) is 37.3 Å². The number of allylic oxidation sites excluding steroid dienone is 3. The summed E-state index contributed by atoms with van der Waals surface area (Å²) >= 11 is 0. The third kappa shape index (κ3) is 2.74. The van der Waals surface area contributed by atoms with Crippen molar-refractivity contribution in [3.05, 3.63) is 65.4 Å². The zero-order valence-electron chi connectivity index (χ0n) is 20.6. The number of hydrogen-bond donors (Lipinski definition) is 2. The van der Waals surface area contributed by atoms with Gasteiger partial charge in [0.15, 0.2) is 0 Å². The van der Waals surface area contributed by atoms with E-state index in [0.29, 0.717) is 12.3 Å². The summed E-state index contributed by atoms with van der Waals surface area (Å²) in [5, 5.41) is 31.5. The van der Waals surface area contributed by atoms with Crippen molar-refractivity contribution in [1.82, 2.24) is 15.1 Å². The second-order valence-corrected chi connectivity index (χ2v) is 11.7. The molecule has 2 spiro atoms. The van der Waals surface area contributed by atoms with Gasteiger partial charge in [0.2, 0.25) is 0 Å². The molecule has 182 valence electrons. The lowest BCUT2D eigenvalue weighted by atomic mass is 9.58. The van der Waals surface area contributed by atoms with Gasteiger partial charge in [0.1, 0.15) is 6.10 Å². The molecule has 2 bridgehead atoms. The molecule has 6 nitrogen and oxygen atoms in total. The Morgan fingerprint density at radius 2 is 1.97 bits per heavy atom. The molecule has 6 heteroatoms. The van der Waals surface area contributed by atoms with Crippen molar-refractivity contribution in [2.75, 3.05) is 14.1 Å². The fraction of sp³-hybridized carbons (Fsp3) is 0.517. The summed E-state index contributed by atoms with van der Waals surface area (Å²) in [7, 11) is 3.95. The number of hydrogen-bond acceptors (Lipinski definition) is 6. The minimum absolute atomic E-state index is 0.0377.